The highest BCUT2D eigenvalue weighted by molar-refractivity contribution is 5.82. The number of amides is 1. The third-order valence-electron chi connectivity index (χ3n) is 3.97. The summed E-state index contributed by atoms with van der Waals surface area (Å²) in [6, 6.07) is 9.81. The van der Waals surface area contributed by atoms with Gasteiger partial charge in [0.15, 0.2) is 6.10 Å². The van der Waals surface area contributed by atoms with Crippen molar-refractivity contribution in [2.45, 2.75) is 26.0 Å². The van der Waals surface area contributed by atoms with Crippen LogP contribution >= 0.6 is 0 Å². The van der Waals surface area contributed by atoms with E-state index in [4.69, 9.17) is 4.74 Å². The molecule has 0 unspecified atom stereocenters. The smallest absolute Gasteiger partial charge is 0.254 e. The van der Waals surface area contributed by atoms with Crippen LogP contribution in [-0.2, 0) is 22.5 Å². The normalized spacial score (nSPS) is 16.4. The van der Waals surface area contributed by atoms with E-state index < -0.39 is 6.10 Å². The third-order valence-corrected chi connectivity index (χ3v) is 3.97. The molecule has 6 nitrogen and oxygen atoms in total. The predicted molar refractivity (Wildman–Crippen MR) is 91.8 cm³/mol. The minimum Gasteiger partial charge on any atom is -0.363 e. The summed E-state index contributed by atoms with van der Waals surface area (Å²) in [4.78, 5) is 23.2. The molecule has 24 heavy (non-hydrogen) atoms. The van der Waals surface area contributed by atoms with E-state index in [2.05, 4.69) is 21.4 Å². The van der Waals surface area contributed by atoms with Gasteiger partial charge in [-0.3, -0.25) is 4.79 Å². The Balaban J connectivity index is 1.71. The second-order valence-corrected chi connectivity index (χ2v) is 6.11. The number of rotatable bonds is 4. The predicted octanol–water partition coefficient (Wildman–Crippen LogP) is 1.78. The SMILES string of the molecule is Cc1cc(CNC(=O)[C@H]2OCCc3ccccc32)nc(N(C)C)n1. The van der Waals surface area contributed by atoms with Gasteiger partial charge in [0.2, 0.25) is 5.95 Å². The van der Waals surface area contributed by atoms with Crippen LogP contribution in [0.1, 0.15) is 28.6 Å². The Bertz CT molecular complexity index is 746. The van der Waals surface area contributed by atoms with Gasteiger partial charge in [-0.25, -0.2) is 9.97 Å². The Morgan fingerprint density at radius 1 is 1.33 bits per heavy atom. The average Bonchev–Trinajstić information content (AvgIpc) is 2.58. The molecule has 1 amide bonds. The molecule has 0 saturated carbocycles. The van der Waals surface area contributed by atoms with Gasteiger partial charge >= 0.3 is 0 Å². The fraction of sp³-hybridized carbons (Fsp3) is 0.389. The van der Waals surface area contributed by atoms with Gasteiger partial charge in [-0.2, -0.15) is 0 Å². The number of benzene rings is 1. The molecule has 0 saturated heterocycles. The first-order valence-corrected chi connectivity index (χ1v) is 8.03. The molecule has 1 N–H and O–H groups in total. The van der Waals surface area contributed by atoms with Gasteiger partial charge in [0.25, 0.3) is 5.91 Å². The van der Waals surface area contributed by atoms with Crippen molar-refractivity contribution in [1.29, 1.82) is 0 Å². The molecule has 1 atom stereocenters. The molecule has 126 valence electrons. The van der Waals surface area contributed by atoms with Crippen LogP contribution in [0.25, 0.3) is 0 Å². The molecule has 6 heteroatoms. The number of nitrogens with zero attached hydrogens (tertiary/aromatic N) is 3. The van der Waals surface area contributed by atoms with Gasteiger partial charge in [-0.05, 0) is 30.5 Å². The number of anilines is 1. The van der Waals surface area contributed by atoms with Gasteiger partial charge in [-0.15, -0.1) is 0 Å². The molecule has 0 radical (unpaired) electrons. The largest absolute Gasteiger partial charge is 0.363 e. The van der Waals surface area contributed by atoms with E-state index in [0.29, 0.717) is 19.1 Å². The summed E-state index contributed by atoms with van der Waals surface area (Å²) in [6.07, 6.45) is 0.295. The molecule has 0 aliphatic carbocycles. The van der Waals surface area contributed by atoms with Gasteiger partial charge in [0, 0.05) is 19.8 Å². The van der Waals surface area contributed by atoms with E-state index in [1.807, 2.05) is 50.2 Å². The van der Waals surface area contributed by atoms with Crippen molar-refractivity contribution < 1.29 is 9.53 Å². The maximum Gasteiger partial charge on any atom is 0.254 e. The number of aryl methyl sites for hydroxylation is 1. The summed E-state index contributed by atoms with van der Waals surface area (Å²) in [5.41, 5.74) is 3.78. The molecule has 1 aromatic heterocycles. The lowest BCUT2D eigenvalue weighted by Gasteiger charge is -2.25. The van der Waals surface area contributed by atoms with E-state index in [9.17, 15) is 4.79 Å². The number of carbonyl (C=O) groups excluding carboxylic acids is 1. The van der Waals surface area contributed by atoms with Gasteiger partial charge in [0.05, 0.1) is 18.8 Å². The minimum absolute atomic E-state index is 0.134. The number of fused-ring (bicyclic) bond motifs is 1. The zero-order chi connectivity index (χ0) is 17.1. The maximum atomic E-state index is 12.5. The van der Waals surface area contributed by atoms with E-state index in [0.717, 1.165) is 23.4 Å². The molecular weight excluding hydrogens is 304 g/mol. The first kappa shape index (κ1) is 16.4. The quantitative estimate of drug-likeness (QED) is 0.928. The summed E-state index contributed by atoms with van der Waals surface area (Å²) in [7, 11) is 3.79. The summed E-state index contributed by atoms with van der Waals surface area (Å²) < 4.78 is 5.69. The number of ether oxygens (including phenoxy) is 1. The number of hydrogen-bond donors (Lipinski definition) is 1. The van der Waals surface area contributed by atoms with Crippen LogP contribution in [0.3, 0.4) is 0 Å². The van der Waals surface area contributed by atoms with Crippen molar-refractivity contribution in [1.82, 2.24) is 15.3 Å². The Morgan fingerprint density at radius 2 is 2.12 bits per heavy atom. The highest BCUT2D eigenvalue weighted by atomic mass is 16.5. The van der Waals surface area contributed by atoms with Crippen molar-refractivity contribution in [3.63, 3.8) is 0 Å². The van der Waals surface area contributed by atoms with Crippen LogP contribution in [0.5, 0.6) is 0 Å². The topological polar surface area (TPSA) is 67.3 Å². The Labute approximate surface area is 141 Å². The van der Waals surface area contributed by atoms with Crippen molar-refractivity contribution in [3.8, 4) is 0 Å². The van der Waals surface area contributed by atoms with E-state index in [-0.39, 0.29) is 5.91 Å². The third kappa shape index (κ3) is 3.54. The molecule has 0 spiro atoms. The van der Waals surface area contributed by atoms with Crippen LogP contribution in [0.2, 0.25) is 0 Å². The van der Waals surface area contributed by atoms with Crippen LogP contribution < -0.4 is 10.2 Å². The lowest BCUT2D eigenvalue weighted by Crippen LogP contribution is -2.33. The van der Waals surface area contributed by atoms with Crippen molar-refractivity contribution in [3.05, 3.63) is 52.8 Å². The molecule has 1 aliphatic rings. The molecule has 0 fully saturated rings. The van der Waals surface area contributed by atoms with Gasteiger partial charge in [-0.1, -0.05) is 24.3 Å². The van der Waals surface area contributed by atoms with Crippen LogP contribution in [0.4, 0.5) is 5.95 Å². The molecule has 0 bridgehead atoms. The number of aromatic nitrogens is 2. The average molecular weight is 326 g/mol. The molecule has 1 aliphatic heterocycles. The number of nitrogens with one attached hydrogen (secondary N) is 1. The van der Waals surface area contributed by atoms with Gasteiger partial charge < -0.3 is 15.0 Å². The van der Waals surface area contributed by atoms with Crippen LogP contribution in [0, 0.1) is 6.92 Å². The van der Waals surface area contributed by atoms with Crippen molar-refractivity contribution >= 4 is 11.9 Å². The summed E-state index contributed by atoms with van der Waals surface area (Å²) >= 11 is 0. The Hall–Kier alpha value is -2.47. The standard InChI is InChI=1S/C18H22N4O2/c1-12-10-14(21-18(20-12)22(2)3)11-19-17(23)16-15-7-5-4-6-13(15)8-9-24-16/h4-7,10,16H,8-9,11H2,1-3H3,(H,19,23)/t16-/m0/s1. The number of hydrogen-bond acceptors (Lipinski definition) is 5. The first-order valence-electron chi connectivity index (χ1n) is 8.03. The maximum absolute atomic E-state index is 12.5. The summed E-state index contributed by atoms with van der Waals surface area (Å²) in [6.45, 7) is 2.83. The lowest BCUT2D eigenvalue weighted by atomic mass is 9.97. The van der Waals surface area contributed by atoms with E-state index >= 15 is 0 Å². The molecule has 3 rings (SSSR count). The zero-order valence-corrected chi connectivity index (χ0v) is 14.2. The lowest BCUT2D eigenvalue weighted by molar-refractivity contribution is -0.134. The fourth-order valence-electron chi connectivity index (χ4n) is 2.79. The zero-order valence-electron chi connectivity index (χ0n) is 14.2. The Morgan fingerprint density at radius 3 is 2.92 bits per heavy atom. The summed E-state index contributed by atoms with van der Waals surface area (Å²) in [5, 5.41) is 2.93. The van der Waals surface area contributed by atoms with Gasteiger partial charge in [0.1, 0.15) is 0 Å². The second kappa shape index (κ2) is 6.97. The van der Waals surface area contributed by atoms with Crippen LogP contribution in [0.15, 0.2) is 30.3 Å². The van der Waals surface area contributed by atoms with Crippen molar-refractivity contribution in [2.75, 3.05) is 25.6 Å². The first-order chi connectivity index (χ1) is 11.5. The van der Waals surface area contributed by atoms with E-state index in [1.165, 1.54) is 5.56 Å². The second-order valence-electron chi connectivity index (χ2n) is 6.11. The van der Waals surface area contributed by atoms with E-state index in [1.54, 1.807) is 0 Å². The number of carbonyl (C=O) groups is 1. The summed E-state index contributed by atoms with van der Waals surface area (Å²) in [5.74, 6) is 0.503. The highest BCUT2D eigenvalue weighted by Gasteiger charge is 2.26. The highest BCUT2D eigenvalue weighted by Crippen LogP contribution is 2.27. The molecular formula is C18H22N4O2. The minimum atomic E-state index is -0.550. The molecule has 2 heterocycles. The van der Waals surface area contributed by atoms with Crippen molar-refractivity contribution in [2.24, 2.45) is 0 Å². The molecule has 2 aromatic rings. The Kier molecular flexibility index (Phi) is 4.76. The monoisotopic (exact) mass is 326 g/mol. The fourth-order valence-corrected chi connectivity index (χ4v) is 2.79. The van der Waals surface area contributed by atoms with Crippen LogP contribution in [-0.4, -0.2) is 36.6 Å². The molecule has 1 aromatic carbocycles.